The number of aromatic nitrogens is 2. The fourth-order valence-electron chi connectivity index (χ4n) is 7.27. The highest BCUT2D eigenvalue weighted by Gasteiger charge is 2.42. The van der Waals surface area contributed by atoms with E-state index in [2.05, 4.69) is 142 Å². The molecule has 0 amide bonds. The topological polar surface area (TPSA) is 34.2 Å². The van der Waals surface area contributed by atoms with Crippen molar-refractivity contribution in [2.75, 3.05) is 4.90 Å². The third kappa shape index (κ3) is 3.51. The molecule has 0 spiro atoms. The van der Waals surface area contributed by atoms with Gasteiger partial charge in [-0.05, 0) is 48.5 Å². The van der Waals surface area contributed by atoms with Crippen molar-refractivity contribution in [1.29, 1.82) is 0 Å². The number of fused-ring (bicyclic) bond motifs is 9. The molecule has 10 rings (SSSR count). The van der Waals surface area contributed by atoms with Crippen LogP contribution in [0.15, 0.2) is 150 Å². The van der Waals surface area contributed by atoms with Gasteiger partial charge < -0.3 is 13.9 Å². The lowest BCUT2D eigenvalue weighted by Crippen LogP contribution is -2.58. The summed E-state index contributed by atoms with van der Waals surface area (Å²) in [7, 11) is 0. The maximum atomic E-state index is 6.24. The van der Waals surface area contributed by atoms with Crippen LogP contribution in [0.4, 0.5) is 17.1 Å². The van der Waals surface area contributed by atoms with Gasteiger partial charge in [-0.15, -0.1) is 11.3 Å². The molecule has 0 radical (unpaired) electrons. The first-order valence-electron chi connectivity index (χ1n) is 15.2. The van der Waals surface area contributed by atoms with E-state index in [-0.39, 0.29) is 6.71 Å². The van der Waals surface area contributed by atoms with Gasteiger partial charge in [-0.25, -0.2) is 0 Å². The van der Waals surface area contributed by atoms with Crippen molar-refractivity contribution in [2.45, 2.75) is 0 Å². The Morgan fingerprint density at radius 1 is 0.600 bits per heavy atom. The van der Waals surface area contributed by atoms with E-state index in [4.69, 9.17) is 4.42 Å². The summed E-state index contributed by atoms with van der Waals surface area (Å²) < 4.78 is 11.3. The molecule has 1 aliphatic rings. The first-order valence-corrected chi connectivity index (χ1v) is 16.0. The number of pyridine rings is 1. The summed E-state index contributed by atoms with van der Waals surface area (Å²) in [6, 6.07) is 48.0. The molecule has 4 nitrogen and oxygen atoms in total. The lowest BCUT2D eigenvalue weighted by atomic mass is 9.39. The largest absolute Gasteiger partial charge is 0.456 e. The van der Waals surface area contributed by atoms with E-state index in [0.29, 0.717) is 0 Å². The minimum Gasteiger partial charge on any atom is -0.456 e. The molecule has 0 saturated heterocycles. The van der Waals surface area contributed by atoms with E-state index in [1.54, 1.807) is 6.20 Å². The quantitative estimate of drug-likeness (QED) is 0.193. The number of hydrogen-bond donors (Lipinski definition) is 0. The average Bonchev–Trinajstić information content (AvgIpc) is 3.78. The zero-order chi connectivity index (χ0) is 29.5. The highest BCUT2D eigenvalue weighted by Crippen LogP contribution is 2.47. The Bertz CT molecular complexity index is 2570. The predicted octanol–water partition coefficient (Wildman–Crippen LogP) is 8.44. The Morgan fingerprint density at radius 3 is 2.20 bits per heavy atom. The van der Waals surface area contributed by atoms with Crippen molar-refractivity contribution in [3.05, 3.63) is 146 Å². The van der Waals surface area contributed by atoms with Crippen molar-refractivity contribution >= 4 is 93.9 Å². The number of rotatable bonds is 3. The number of anilines is 3. The standard InChI is InChI=1S/C39H24BN3OS/c1-3-11-25(12-4-1)40-38-36(28-15-7-9-17-32(28)42(38)26-13-5-2-6-14-26)43(37-29-16-8-10-18-35(29)45-39(37)40)27-19-20-33-30(23-27)31-24-41-22-21-34(31)44-33/h1-24H. The molecule has 0 unspecified atom stereocenters. The summed E-state index contributed by atoms with van der Waals surface area (Å²) in [4.78, 5) is 6.94. The maximum Gasteiger partial charge on any atom is 0.280 e. The van der Waals surface area contributed by atoms with Gasteiger partial charge in [0.25, 0.3) is 6.71 Å². The third-order valence-corrected chi connectivity index (χ3v) is 10.3. The summed E-state index contributed by atoms with van der Waals surface area (Å²) in [6.07, 6.45) is 3.69. The van der Waals surface area contributed by atoms with Gasteiger partial charge in [-0.1, -0.05) is 90.4 Å². The fourth-order valence-corrected chi connectivity index (χ4v) is 8.59. The van der Waals surface area contributed by atoms with Gasteiger partial charge in [0.2, 0.25) is 0 Å². The normalized spacial score (nSPS) is 12.8. The Kier molecular flexibility index (Phi) is 5.21. The molecule has 0 aliphatic carbocycles. The molecule has 210 valence electrons. The van der Waals surface area contributed by atoms with Crippen LogP contribution in [0.5, 0.6) is 0 Å². The van der Waals surface area contributed by atoms with Crippen molar-refractivity contribution in [2.24, 2.45) is 0 Å². The summed E-state index contributed by atoms with van der Waals surface area (Å²) in [5.41, 5.74) is 10.2. The van der Waals surface area contributed by atoms with E-state index >= 15 is 0 Å². The highest BCUT2D eigenvalue weighted by molar-refractivity contribution is 7.33. The first kappa shape index (κ1) is 24.8. The summed E-state index contributed by atoms with van der Waals surface area (Å²) in [5, 5.41) is 4.57. The van der Waals surface area contributed by atoms with Crippen molar-refractivity contribution in [3.63, 3.8) is 0 Å². The van der Waals surface area contributed by atoms with Crippen LogP contribution in [0, 0.1) is 0 Å². The second-order valence-corrected chi connectivity index (χ2v) is 12.7. The van der Waals surface area contributed by atoms with Gasteiger partial charge in [0, 0.05) is 60.4 Å². The number of thiophene rings is 1. The molecular formula is C39H24BN3OS. The zero-order valence-electron chi connectivity index (χ0n) is 24.1. The van der Waals surface area contributed by atoms with Crippen LogP contribution in [-0.2, 0) is 0 Å². The van der Waals surface area contributed by atoms with Crippen LogP contribution >= 0.6 is 11.3 Å². The number of para-hydroxylation sites is 2. The van der Waals surface area contributed by atoms with Crippen LogP contribution in [0.3, 0.4) is 0 Å². The Labute approximate surface area is 263 Å². The lowest BCUT2D eigenvalue weighted by Gasteiger charge is -2.34. The first-order chi connectivity index (χ1) is 22.3. The zero-order valence-corrected chi connectivity index (χ0v) is 24.9. The molecule has 4 aromatic heterocycles. The molecule has 1 aliphatic heterocycles. The van der Waals surface area contributed by atoms with Crippen LogP contribution < -0.4 is 20.7 Å². The monoisotopic (exact) mass is 593 g/mol. The number of furan rings is 1. The molecular weight excluding hydrogens is 569 g/mol. The molecule has 5 heterocycles. The van der Waals surface area contributed by atoms with E-state index in [0.717, 1.165) is 33.3 Å². The smallest absolute Gasteiger partial charge is 0.280 e. The molecule has 45 heavy (non-hydrogen) atoms. The van der Waals surface area contributed by atoms with Crippen LogP contribution in [0.2, 0.25) is 0 Å². The SMILES string of the molecule is c1ccc(B2c3sc4ccccc4c3N(c3ccc4oc5ccncc5c4c3)c3c2n(-c2ccccc2)c2ccccc32)cc1. The molecule has 9 aromatic rings. The molecule has 0 N–H and O–H groups in total. The van der Waals surface area contributed by atoms with E-state index in [1.807, 2.05) is 23.6 Å². The van der Waals surface area contributed by atoms with E-state index in [9.17, 15) is 0 Å². The second kappa shape index (κ2) is 9.46. The van der Waals surface area contributed by atoms with Crippen molar-refractivity contribution < 1.29 is 4.42 Å². The fraction of sp³-hybridized carbons (Fsp3) is 0. The predicted molar refractivity (Wildman–Crippen MR) is 190 cm³/mol. The van der Waals surface area contributed by atoms with Gasteiger partial charge in [-0.2, -0.15) is 0 Å². The van der Waals surface area contributed by atoms with Crippen molar-refractivity contribution in [1.82, 2.24) is 9.55 Å². The Hall–Kier alpha value is -5.59. The molecule has 0 saturated carbocycles. The minimum absolute atomic E-state index is 0.0418. The third-order valence-electron chi connectivity index (χ3n) is 9.12. The molecule has 0 atom stereocenters. The van der Waals surface area contributed by atoms with Gasteiger partial charge in [0.05, 0.1) is 16.9 Å². The number of nitrogens with zero attached hydrogens (tertiary/aromatic N) is 3. The van der Waals surface area contributed by atoms with Crippen LogP contribution in [0.1, 0.15) is 0 Å². The molecule has 0 bridgehead atoms. The number of hydrogen-bond acceptors (Lipinski definition) is 4. The molecule has 5 aromatic carbocycles. The molecule has 0 fully saturated rings. The van der Waals surface area contributed by atoms with E-state index < -0.39 is 0 Å². The highest BCUT2D eigenvalue weighted by atomic mass is 32.1. The van der Waals surface area contributed by atoms with Crippen LogP contribution in [-0.4, -0.2) is 16.3 Å². The summed E-state index contributed by atoms with van der Waals surface area (Å²) in [6.45, 7) is 0.0418. The average molecular weight is 594 g/mol. The lowest BCUT2D eigenvalue weighted by molar-refractivity contribution is 0.668. The maximum absolute atomic E-state index is 6.24. The van der Waals surface area contributed by atoms with E-state index in [1.165, 1.54) is 48.2 Å². The van der Waals surface area contributed by atoms with Gasteiger partial charge >= 0.3 is 0 Å². The van der Waals surface area contributed by atoms with Crippen molar-refractivity contribution in [3.8, 4) is 5.69 Å². The molecule has 6 heteroatoms. The van der Waals surface area contributed by atoms with Gasteiger partial charge in [-0.3, -0.25) is 4.98 Å². The Morgan fingerprint density at radius 2 is 1.33 bits per heavy atom. The van der Waals surface area contributed by atoms with Gasteiger partial charge in [0.1, 0.15) is 11.2 Å². The van der Waals surface area contributed by atoms with Gasteiger partial charge in [0.15, 0.2) is 0 Å². The second-order valence-electron chi connectivity index (χ2n) is 11.6. The Balaban J connectivity index is 1.38. The van der Waals surface area contributed by atoms with Crippen LogP contribution in [0.25, 0.3) is 48.6 Å². The minimum atomic E-state index is 0.0418. The summed E-state index contributed by atoms with van der Waals surface area (Å²) in [5.74, 6) is 0. The number of benzene rings is 5. The summed E-state index contributed by atoms with van der Waals surface area (Å²) >= 11 is 1.90.